The Bertz CT molecular complexity index is 599. The van der Waals surface area contributed by atoms with Crippen molar-refractivity contribution in [3.63, 3.8) is 0 Å². The van der Waals surface area contributed by atoms with Gasteiger partial charge in [-0.25, -0.2) is 8.42 Å². The van der Waals surface area contributed by atoms with Crippen molar-refractivity contribution in [2.75, 3.05) is 13.6 Å². The zero-order valence-electron chi connectivity index (χ0n) is 12.2. The standard InChI is InChI=1S/C15H20N2O3S/c1-17(12-4-11-16)21(18,19)15-9-7-14(8-10-15)20-13-5-2-3-6-13/h7-10,13H,2-6,12H2,1H3. The number of nitriles is 1. The lowest BCUT2D eigenvalue weighted by Gasteiger charge is -2.17. The van der Waals surface area contributed by atoms with Gasteiger partial charge in [-0.3, -0.25) is 0 Å². The van der Waals surface area contributed by atoms with Gasteiger partial charge in [-0.15, -0.1) is 0 Å². The second-order valence-electron chi connectivity index (χ2n) is 5.23. The maximum atomic E-state index is 12.3. The Morgan fingerprint density at radius 1 is 1.29 bits per heavy atom. The first-order valence-electron chi connectivity index (χ1n) is 7.14. The molecule has 0 N–H and O–H groups in total. The van der Waals surface area contributed by atoms with Crippen molar-refractivity contribution in [3.05, 3.63) is 24.3 Å². The van der Waals surface area contributed by atoms with Gasteiger partial charge in [0.15, 0.2) is 0 Å². The molecule has 0 amide bonds. The number of sulfonamides is 1. The molecule has 1 aliphatic carbocycles. The van der Waals surface area contributed by atoms with E-state index in [1.807, 2.05) is 6.07 Å². The van der Waals surface area contributed by atoms with Crippen molar-refractivity contribution in [1.82, 2.24) is 4.31 Å². The summed E-state index contributed by atoms with van der Waals surface area (Å²) >= 11 is 0. The fraction of sp³-hybridized carbons (Fsp3) is 0.533. The van der Waals surface area contributed by atoms with Crippen LogP contribution in [-0.4, -0.2) is 32.4 Å². The SMILES string of the molecule is CN(CCC#N)S(=O)(=O)c1ccc(OC2CCCC2)cc1. The van der Waals surface area contributed by atoms with E-state index in [4.69, 9.17) is 10.00 Å². The fourth-order valence-corrected chi connectivity index (χ4v) is 3.57. The van der Waals surface area contributed by atoms with E-state index in [0.29, 0.717) is 5.75 Å². The van der Waals surface area contributed by atoms with Crippen LogP contribution in [0.15, 0.2) is 29.2 Å². The maximum Gasteiger partial charge on any atom is 0.242 e. The molecule has 2 rings (SSSR count). The van der Waals surface area contributed by atoms with Crippen LogP contribution in [0.3, 0.4) is 0 Å². The molecule has 0 aromatic heterocycles. The van der Waals surface area contributed by atoms with Crippen molar-refractivity contribution in [2.45, 2.75) is 43.1 Å². The highest BCUT2D eigenvalue weighted by Crippen LogP contribution is 2.25. The van der Waals surface area contributed by atoms with E-state index in [2.05, 4.69) is 0 Å². The minimum atomic E-state index is -3.53. The van der Waals surface area contributed by atoms with E-state index in [1.165, 1.54) is 24.2 Å². The van der Waals surface area contributed by atoms with Crippen LogP contribution in [0.5, 0.6) is 5.75 Å². The van der Waals surface area contributed by atoms with E-state index < -0.39 is 10.0 Å². The van der Waals surface area contributed by atoms with Gasteiger partial charge in [0.2, 0.25) is 10.0 Å². The third kappa shape index (κ3) is 3.96. The predicted molar refractivity (Wildman–Crippen MR) is 79.4 cm³/mol. The number of nitrogens with zero attached hydrogens (tertiary/aromatic N) is 2. The van der Waals surface area contributed by atoms with Crippen molar-refractivity contribution in [1.29, 1.82) is 5.26 Å². The highest BCUT2D eigenvalue weighted by atomic mass is 32.2. The first-order chi connectivity index (χ1) is 10.0. The molecule has 21 heavy (non-hydrogen) atoms. The summed E-state index contributed by atoms with van der Waals surface area (Å²) in [7, 11) is -2.05. The molecule has 1 fully saturated rings. The van der Waals surface area contributed by atoms with Gasteiger partial charge in [-0.1, -0.05) is 0 Å². The first kappa shape index (κ1) is 15.8. The molecule has 0 unspecified atom stereocenters. The molecule has 0 heterocycles. The van der Waals surface area contributed by atoms with Gasteiger partial charge in [0, 0.05) is 20.0 Å². The summed E-state index contributed by atoms with van der Waals surface area (Å²) in [6.07, 6.45) is 4.96. The summed E-state index contributed by atoms with van der Waals surface area (Å²) in [6.45, 7) is 0.194. The lowest BCUT2D eigenvalue weighted by molar-refractivity contribution is 0.210. The van der Waals surface area contributed by atoms with Crippen LogP contribution in [-0.2, 0) is 10.0 Å². The molecule has 6 heteroatoms. The van der Waals surface area contributed by atoms with E-state index in [1.54, 1.807) is 24.3 Å². The van der Waals surface area contributed by atoms with Crippen LogP contribution in [0.1, 0.15) is 32.1 Å². The molecule has 0 saturated heterocycles. The van der Waals surface area contributed by atoms with Crippen LogP contribution in [0.4, 0.5) is 0 Å². The topological polar surface area (TPSA) is 70.4 Å². The maximum absolute atomic E-state index is 12.3. The summed E-state index contributed by atoms with van der Waals surface area (Å²) < 4.78 is 31.6. The minimum absolute atomic E-state index is 0.179. The van der Waals surface area contributed by atoms with E-state index >= 15 is 0 Å². The quantitative estimate of drug-likeness (QED) is 0.809. The Morgan fingerprint density at radius 2 is 1.90 bits per heavy atom. The van der Waals surface area contributed by atoms with Gasteiger partial charge in [-0.05, 0) is 49.9 Å². The molecule has 0 aliphatic heterocycles. The Labute approximate surface area is 126 Å². The number of hydrogen-bond donors (Lipinski definition) is 0. The highest BCUT2D eigenvalue weighted by molar-refractivity contribution is 7.89. The van der Waals surface area contributed by atoms with Crippen molar-refractivity contribution in [3.8, 4) is 11.8 Å². The molecular formula is C15H20N2O3S. The normalized spacial score (nSPS) is 16.0. The van der Waals surface area contributed by atoms with E-state index in [9.17, 15) is 8.42 Å². The molecule has 5 nitrogen and oxygen atoms in total. The van der Waals surface area contributed by atoms with Gasteiger partial charge in [0.05, 0.1) is 17.1 Å². The number of rotatable bonds is 6. The van der Waals surface area contributed by atoms with Crippen molar-refractivity contribution >= 4 is 10.0 Å². The predicted octanol–water partition coefficient (Wildman–Crippen LogP) is 2.54. The molecule has 1 aromatic carbocycles. The molecular weight excluding hydrogens is 288 g/mol. The monoisotopic (exact) mass is 308 g/mol. The fourth-order valence-electron chi connectivity index (χ4n) is 2.40. The van der Waals surface area contributed by atoms with Crippen molar-refractivity contribution in [2.24, 2.45) is 0 Å². The molecule has 0 atom stereocenters. The Kier molecular flexibility index (Phi) is 5.21. The van der Waals surface area contributed by atoms with Crippen LogP contribution in [0.2, 0.25) is 0 Å². The zero-order valence-corrected chi connectivity index (χ0v) is 13.0. The average Bonchev–Trinajstić information content (AvgIpc) is 2.98. The van der Waals surface area contributed by atoms with Gasteiger partial charge >= 0.3 is 0 Å². The second kappa shape index (κ2) is 6.92. The Balaban J connectivity index is 2.05. The zero-order chi connectivity index (χ0) is 15.3. The minimum Gasteiger partial charge on any atom is -0.490 e. The molecule has 1 saturated carbocycles. The Morgan fingerprint density at radius 3 is 2.48 bits per heavy atom. The summed E-state index contributed by atoms with van der Waals surface area (Å²) in [5.74, 6) is 0.709. The lowest BCUT2D eigenvalue weighted by atomic mass is 10.3. The van der Waals surface area contributed by atoms with E-state index in [0.717, 1.165) is 12.8 Å². The molecule has 114 valence electrons. The van der Waals surface area contributed by atoms with Gasteiger partial charge in [0.1, 0.15) is 5.75 Å². The van der Waals surface area contributed by atoms with Gasteiger partial charge in [-0.2, -0.15) is 9.57 Å². The summed E-state index contributed by atoms with van der Waals surface area (Å²) in [5.41, 5.74) is 0. The molecule has 1 aromatic rings. The molecule has 0 radical (unpaired) electrons. The van der Waals surface area contributed by atoms with Gasteiger partial charge in [0.25, 0.3) is 0 Å². The van der Waals surface area contributed by atoms with Crippen LogP contribution < -0.4 is 4.74 Å². The summed E-state index contributed by atoms with van der Waals surface area (Å²) in [5, 5.41) is 8.54. The van der Waals surface area contributed by atoms with Crippen LogP contribution in [0, 0.1) is 11.3 Å². The number of ether oxygens (including phenoxy) is 1. The van der Waals surface area contributed by atoms with Gasteiger partial charge < -0.3 is 4.74 Å². The van der Waals surface area contributed by atoms with Crippen molar-refractivity contribution < 1.29 is 13.2 Å². The first-order valence-corrected chi connectivity index (χ1v) is 8.58. The molecule has 0 bridgehead atoms. The summed E-state index contributed by atoms with van der Waals surface area (Å²) in [6, 6.07) is 8.46. The smallest absolute Gasteiger partial charge is 0.242 e. The largest absolute Gasteiger partial charge is 0.490 e. The third-order valence-corrected chi connectivity index (χ3v) is 5.55. The Hall–Kier alpha value is -1.58. The molecule has 0 spiro atoms. The third-order valence-electron chi connectivity index (χ3n) is 3.68. The van der Waals surface area contributed by atoms with Crippen LogP contribution in [0.25, 0.3) is 0 Å². The lowest BCUT2D eigenvalue weighted by Crippen LogP contribution is -2.27. The summed E-state index contributed by atoms with van der Waals surface area (Å²) in [4.78, 5) is 0.224. The second-order valence-corrected chi connectivity index (χ2v) is 7.28. The van der Waals surface area contributed by atoms with E-state index in [-0.39, 0.29) is 24.0 Å². The highest BCUT2D eigenvalue weighted by Gasteiger charge is 2.21. The van der Waals surface area contributed by atoms with Crippen LogP contribution >= 0.6 is 0 Å². The molecule has 1 aliphatic rings. The number of hydrogen-bond acceptors (Lipinski definition) is 4. The average molecular weight is 308 g/mol. The number of benzene rings is 1.